The molecule has 3 nitrogen and oxygen atoms in total. The summed E-state index contributed by atoms with van der Waals surface area (Å²) in [6.07, 6.45) is 1.63. The van der Waals surface area contributed by atoms with E-state index in [1.807, 2.05) is 37.2 Å². The lowest BCUT2D eigenvalue weighted by Crippen LogP contribution is -2.10. The zero-order valence-corrected chi connectivity index (χ0v) is 9.40. The third kappa shape index (κ3) is 2.25. The lowest BCUT2D eigenvalue weighted by atomic mass is 10.1. The van der Waals surface area contributed by atoms with Crippen LogP contribution in [-0.2, 0) is 6.54 Å². The lowest BCUT2D eigenvalue weighted by molar-refractivity contribution is 0.385. The number of phenolic OH excluding ortho intramolecular Hbond substituents is 1. The lowest BCUT2D eigenvalue weighted by Gasteiger charge is -2.11. The summed E-state index contributed by atoms with van der Waals surface area (Å²) in [7, 11) is 3.91. The molecule has 1 radical (unpaired) electrons. The maximum Gasteiger partial charge on any atom is 0.133 e. The second kappa shape index (κ2) is 4.41. The maximum atomic E-state index is 9.67. The van der Waals surface area contributed by atoms with E-state index in [9.17, 15) is 5.11 Å². The van der Waals surface area contributed by atoms with Crippen LogP contribution >= 0.6 is 0 Å². The van der Waals surface area contributed by atoms with Gasteiger partial charge in [0.25, 0.3) is 0 Å². The molecule has 16 heavy (non-hydrogen) atoms. The Morgan fingerprint density at radius 1 is 1.44 bits per heavy atom. The fourth-order valence-electron chi connectivity index (χ4n) is 1.58. The van der Waals surface area contributed by atoms with E-state index in [2.05, 4.69) is 6.07 Å². The van der Waals surface area contributed by atoms with Crippen LogP contribution in [-0.4, -0.2) is 24.1 Å². The predicted molar refractivity (Wildman–Crippen MR) is 62.0 cm³/mol. The van der Waals surface area contributed by atoms with E-state index in [1.54, 1.807) is 12.3 Å². The minimum absolute atomic E-state index is 0.198. The fraction of sp³-hybridized carbons (Fsp3) is 0.231. The smallest absolute Gasteiger partial charge is 0.133 e. The third-order valence-corrected chi connectivity index (χ3v) is 2.29. The van der Waals surface area contributed by atoms with Gasteiger partial charge >= 0.3 is 0 Å². The van der Waals surface area contributed by atoms with E-state index < -0.39 is 0 Å². The number of rotatable bonds is 3. The van der Waals surface area contributed by atoms with Gasteiger partial charge < -0.3 is 14.4 Å². The van der Waals surface area contributed by atoms with Crippen molar-refractivity contribution in [2.75, 3.05) is 14.1 Å². The quantitative estimate of drug-likeness (QED) is 0.856. The van der Waals surface area contributed by atoms with Crippen LogP contribution in [0.5, 0.6) is 5.75 Å². The number of hydrogen-bond acceptors (Lipinski definition) is 3. The van der Waals surface area contributed by atoms with E-state index in [0.29, 0.717) is 6.54 Å². The van der Waals surface area contributed by atoms with Crippen LogP contribution in [0.2, 0.25) is 0 Å². The molecule has 0 saturated heterocycles. The minimum atomic E-state index is 0.198. The average Bonchev–Trinajstić information content (AvgIpc) is 2.73. The molecule has 1 aromatic carbocycles. The molecule has 3 heteroatoms. The molecule has 0 spiro atoms. The second-order valence-electron chi connectivity index (χ2n) is 3.98. The van der Waals surface area contributed by atoms with Gasteiger partial charge in [-0.1, -0.05) is 0 Å². The van der Waals surface area contributed by atoms with Gasteiger partial charge in [-0.05, 0) is 38.4 Å². The van der Waals surface area contributed by atoms with Crippen LogP contribution in [0.25, 0.3) is 11.3 Å². The molecule has 0 aliphatic rings. The first kappa shape index (κ1) is 10.8. The van der Waals surface area contributed by atoms with Crippen LogP contribution in [0.3, 0.4) is 0 Å². The normalized spacial score (nSPS) is 10.9. The second-order valence-corrected chi connectivity index (χ2v) is 3.98. The summed E-state index contributed by atoms with van der Waals surface area (Å²) < 4.78 is 5.30. The SMILES string of the molecule is CN(C)Cc1cc(-c2ccco2)c[c]c1O. The van der Waals surface area contributed by atoms with Crippen molar-refractivity contribution in [3.8, 4) is 17.1 Å². The van der Waals surface area contributed by atoms with Gasteiger partial charge in [0.15, 0.2) is 0 Å². The van der Waals surface area contributed by atoms with E-state index in [0.717, 1.165) is 16.9 Å². The third-order valence-electron chi connectivity index (χ3n) is 2.29. The van der Waals surface area contributed by atoms with Crippen molar-refractivity contribution in [2.24, 2.45) is 0 Å². The summed E-state index contributed by atoms with van der Waals surface area (Å²) in [5, 5.41) is 9.67. The Morgan fingerprint density at radius 2 is 2.25 bits per heavy atom. The molecule has 1 aromatic heterocycles. The molecular weight excluding hydrogens is 202 g/mol. The van der Waals surface area contributed by atoms with Gasteiger partial charge in [0.1, 0.15) is 11.5 Å². The highest BCUT2D eigenvalue weighted by atomic mass is 16.3. The summed E-state index contributed by atoms with van der Waals surface area (Å²) in [5.41, 5.74) is 1.78. The average molecular weight is 216 g/mol. The van der Waals surface area contributed by atoms with E-state index in [-0.39, 0.29) is 5.75 Å². The van der Waals surface area contributed by atoms with Crippen LogP contribution in [0.4, 0.5) is 0 Å². The Hall–Kier alpha value is -1.74. The number of phenols is 1. The van der Waals surface area contributed by atoms with Crippen LogP contribution < -0.4 is 0 Å². The highest BCUT2D eigenvalue weighted by Gasteiger charge is 2.07. The number of benzene rings is 1. The zero-order chi connectivity index (χ0) is 11.5. The van der Waals surface area contributed by atoms with Gasteiger partial charge in [-0.3, -0.25) is 0 Å². The molecule has 1 N–H and O–H groups in total. The molecule has 0 aliphatic carbocycles. The van der Waals surface area contributed by atoms with Crippen molar-refractivity contribution < 1.29 is 9.52 Å². The van der Waals surface area contributed by atoms with Gasteiger partial charge in [-0.2, -0.15) is 0 Å². The van der Waals surface area contributed by atoms with Crippen molar-refractivity contribution in [3.05, 3.63) is 42.2 Å². The maximum absolute atomic E-state index is 9.67. The molecule has 0 bridgehead atoms. The minimum Gasteiger partial charge on any atom is -0.507 e. The Balaban J connectivity index is 2.36. The summed E-state index contributed by atoms with van der Waals surface area (Å²) in [4.78, 5) is 1.99. The van der Waals surface area contributed by atoms with Crippen molar-refractivity contribution in [3.63, 3.8) is 0 Å². The number of aromatic hydroxyl groups is 1. The van der Waals surface area contributed by atoms with Gasteiger partial charge in [0.2, 0.25) is 0 Å². The molecule has 0 amide bonds. The Labute approximate surface area is 94.9 Å². The van der Waals surface area contributed by atoms with E-state index >= 15 is 0 Å². The van der Waals surface area contributed by atoms with Crippen molar-refractivity contribution in [1.82, 2.24) is 4.90 Å². The Morgan fingerprint density at radius 3 is 2.88 bits per heavy atom. The first-order chi connectivity index (χ1) is 7.66. The molecule has 2 aromatic rings. The molecule has 0 unspecified atom stereocenters. The first-order valence-electron chi connectivity index (χ1n) is 5.09. The molecule has 0 atom stereocenters. The molecular formula is C13H14NO2. The Kier molecular flexibility index (Phi) is 2.97. The van der Waals surface area contributed by atoms with Crippen molar-refractivity contribution in [2.45, 2.75) is 6.54 Å². The highest BCUT2D eigenvalue weighted by Crippen LogP contribution is 2.26. The number of hydrogen-bond donors (Lipinski definition) is 1. The zero-order valence-electron chi connectivity index (χ0n) is 9.40. The summed E-state index contributed by atoms with van der Waals surface area (Å²) >= 11 is 0. The summed E-state index contributed by atoms with van der Waals surface area (Å²) in [6.45, 7) is 0.677. The first-order valence-corrected chi connectivity index (χ1v) is 5.09. The Bertz CT molecular complexity index is 461. The van der Waals surface area contributed by atoms with Crippen LogP contribution in [0.15, 0.2) is 34.9 Å². The standard InChI is InChI=1S/C13H14NO2/c1-14(2)9-11-8-10(5-6-12(11)15)13-4-3-7-16-13/h3-5,7-8,15H,9H2,1-2H3. The van der Waals surface area contributed by atoms with E-state index in [1.165, 1.54) is 0 Å². The molecule has 83 valence electrons. The predicted octanol–water partition coefficient (Wildman–Crippen LogP) is 2.51. The number of nitrogens with zero attached hydrogens (tertiary/aromatic N) is 1. The molecule has 0 aliphatic heterocycles. The van der Waals surface area contributed by atoms with Gasteiger partial charge in [-0.25, -0.2) is 0 Å². The van der Waals surface area contributed by atoms with Gasteiger partial charge in [0, 0.05) is 23.7 Å². The summed E-state index contributed by atoms with van der Waals surface area (Å²) in [5.74, 6) is 0.986. The topological polar surface area (TPSA) is 36.6 Å². The molecule has 1 heterocycles. The summed E-state index contributed by atoms with van der Waals surface area (Å²) in [6, 6.07) is 10.2. The van der Waals surface area contributed by atoms with Crippen molar-refractivity contribution in [1.29, 1.82) is 0 Å². The number of furan rings is 1. The van der Waals surface area contributed by atoms with Crippen molar-refractivity contribution >= 4 is 0 Å². The van der Waals surface area contributed by atoms with Crippen LogP contribution in [0.1, 0.15) is 5.56 Å². The van der Waals surface area contributed by atoms with Crippen LogP contribution in [0, 0.1) is 6.07 Å². The molecule has 2 rings (SSSR count). The highest BCUT2D eigenvalue weighted by molar-refractivity contribution is 5.59. The molecule has 0 fully saturated rings. The largest absolute Gasteiger partial charge is 0.507 e. The molecule has 0 saturated carbocycles. The van der Waals surface area contributed by atoms with E-state index in [4.69, 9.17) is 4.42 Å². The fourth-order valence-corrected chi connectivity index (χ4v) is 1.58. The van der Waals surface area contributed by atoms with Gasteiger partial charge in [-0.15, -0.1) is 0 Å². The van der Waals surface area contributed by atoms with Gasteiger partial charge in [0.05, 0.1) is 6.26 Å². The monoisotopic (exact) mass is 216 g/mol.